The minimum atomic E-state index is -0.992. The number of β-lactam (4-membered cyclic amide) rings is 1. The molecule has 0 aliphatic carbocycles. The Morgan fingerprint density at radius 2 is 1.43 bits per heavy atom. The summed E-state index contributed by atoms with van der Waals surface area (Å²) in [5.41, 5.74) is 11.6. The number of ether oxygens (including phenoxy) is 1. The first kappa shape index (κ1) is 47.6. The fraction of sp³-hybridized carbons (Fsp3) is 0.176. The van der Waals surface area contributed by atoms with Crippen molar-refractivity contribution in [2.45, 2.75) is 33.9 Å². The molecular formula is C51H47N9O5S4. The van der Waals surface area contributed by atoms with Crippen LogP contribution in [-0.2, 0) is 36.0 Å². The predicted molar refractivity (Wildman–Crippen MR) is 273 cm³/mol. The molecule has 3 aliphatic rings. The molecule has 3 N–H and O–H groups in total. The van der Waals surface area contributed by atoms with E-state index in [0.29, 0.717) is 23.6 Å². The largest absolute Gasteiger partial charge is 0.448 e. The van der Waals surface area contributed by atoms with Gasteiger partial charge >= 0.3 is 5.97 Å². The maximum Gasteiger partial charge on any atom is 0.356 e. The summed E-state index contributed by atoms with van der Waals surface area (Å²) in [5, 5.41) is 19.5. The third kappa shape index (κ3) is 10.4. The molecule has 0 spiro atoms. The average molecular weight is 994 g/mol. The van der Waals surface area contributed by atoms with E-state index >= 15 is 0 Å². The van der Waals surface area contributed by atoms with Crippen LogP contribution in [0, 0.1) is 0 Å². The number of fused-ring (bicyclic) bond motifs is 1. The lowest BCUT2D eigenvalue weighted by molar-refractivity contribution is -0.154. The van der Waals surface area contributed by atoms with Crippen molar-refractivity contribution >= 4 is 70.3 Å². The third-order valence-electron chi connectivity index (χ3n) is 11.3. The number of allylic oxidation sites excluding steroid dienone is 1. The number of oxime groups is 1. The fourth-order valence-electron chi connectivity index (χ4n) is 8.16. The number of aromatic nitrogens is 2. The van der Waals surface area contributed by atoms with Crippen LogP contribution in [0.4, 0.5) is 0 Å². The minimum Gasteiger partial charge on any atom is -0.448 e. The molecule has 2 amide bonds. The van der Waals surface area contributed by atoms with Crippen LogP contribution in [0.25, 0.3) is 0 Å². The van der Waals surface area contributed by atoms with Gasteiger partial charge in [0, 0.05) is 11.2 Å². The van der Waals surface area contributed by atoms with Crippen molar-refractivity contribution in [3.8, 4) is 0 Å². The Bertz CT molecular complexity index is 2750. The highest BCUT2D eigenvalue weighted by atomic mass is 32.2. The molecule has 14 nitrogen and oxygen atoms in total. The molecule has 1 fully saturated rings. The summed E-state index contributed by atoms with van der Waals surface area (Å²) in [5.74, 6) is -1.44. The van der Waals surface area contributed by atoms with Gasteiger partial charge in [-0.15, -0.1) is 22.0 Å². The van der Waals surface area contributed by atoms with E-state index in [0.717, 1.165) is 37.2 Å². The zero-order valence-corrected chi connectivity index (χ0v) is 40.9. The summed E-state index contributed by atoms with van der Waals surface area (Å²) >= 11 is 5.58. The average Bonchev–Trinajstić information content (AvgIpc) is 4.05. The van der Waals surface area contributed by atoms with E-state index in [1.54, 1.807) is 9.93 Å². The number of carbonyl (C=O) groups excluding carboxylic acids is 3. The second-order valence-electron chi connectivity index (χ2n) is 16.1. The topological polar surface area (TPSA) is 154 Å². The van der Waals surface area contributed by atoms with Gasteiger partial charge in [0.25, 0.3) is 11.8 Å². The summed E-state index contributed by atoms with van der Waals surface area (Å²) in [7, 11) is 5.30. The lowest BCUT2D eigenvalue weighted by Crippen LogP contribution is -2.71. The molecule has 350 valence electrons. The quantitative estimate of drug-likeness (QED) is 0.0145. The van der Waals surface area contributed by atoms with Gasteiger partial charge in [-0.3, -0.25) is 19.9 Å². The van der Waals surface area contributed by atoms with Crippen LogP contribution < -0.4 is 16.2 Å². The van der Waals surface area contributed by atoms with E-state index < -0.39 is 40.8 Å². The summed E-state index contributed by atoms with van der Waals surface area (Å²) in [4.78, 5) is 52.0. The van der Waals surface area contributed by atoms with Crippen molar-refractivity contribution < 1.29 is 24.0 Å². The number of benzene rings is 5. The third-order valence-corrected chi connectivity index (χ3v) is 15.1. The molecule has 69 heavy (non-hydrogen) atoms. The zero-order valence-electron chi connectivity index (χ0n) is 37.7. The Hall–Kier alpha value is -6.51. The van der Waals surface area contributed by atoms with E-state index in [1.165, 1.54) is 58.8 Å². The Morgan fingerprint density at radius 1 is 0.870 bits per heavy atom. The molecule has 6 aromatic rings. The highest BCUT2D eigenvalue weighted by molar-refractivity contribution is 8.03. The van der Waals surface area contributed by atoms with Crippen LogP contribution in [0.15, 0.2) is 195 Å². The Balaban J connectivity index is 0.952. The van der Waals surface area contributed by atoms with E-state index in [9.17, 15) is 14.4 Å². The van der Waals surface area contributed by atoms with Crippen molar-refractivity contribution in [2.75, 3.05) is 27.0 Å². The molecule has 5 aromatic carbocycles. The van der Waals surface area contributed by atoms with Crippen LogP contribution >= 0.6 is 46.8 Å². The molecule has 3 aliphatic heterocycles. The second-order valence-corrected chi connectivity index (χ2v) is 20.2. The van der Waals surface area contributed by atoms with Gasteiger partial charge in [-0.05, 0) is 70.9 Å². The lowest BCUT2D eigenvalue weighted by Gasteiger charge is -2.49. The van der Waals surface area contributed by atoms with Gasteiger partial charge in [-0.1, -0.05) is 184 Å². The lowest BCUT2D eigenvalue weighted by atomic mass is 9.77. The van der Waals surface area contributed by atoms with Crippen molar-refractivity contribution in [1.82, 2.24) is 40.7 Å². The number of carbonyl (C=O) groups is 3. The Kier molecular flexibility index (Phi) is 15.1. The van der Waals surface area contributed by atoms with Gasteiger partial charge in [0.1, 0.15) is 34.8 Å². The maximum absolute atomic E-state index is 14.6. The summed E-state index contributed by atoms with van der Waals surface area (Å²) in [6, 6.07) is 48.3. The van der Waals surface area contributed by atoms with Crippen molar-refractivity contribution in [3.05, 3.63) is 218 Å². The Morgan fingerprint density at radius 3 is 1.99 bits per heavy atom. The number of nitrogens with zero attached hydrogens (tertiary/aromatic N) is 6. The second kappa shape index (κ2) is 21.8. The molecule has 4 heterocycles. The van der Waals surface area contributed by atoms with Gasteiger partial charge in [0.05, 0.1) is 12.2 Å². The molecule has 0 radical (unpaired) electrons. The summed E-state index contributed by atoms with van der Waals surface area (Å²) in [6.45, 7) is 0.667. The van der Waals surface area contributed by atoms with Crippen LogP contribution in [-0.4, -0.2) is 86.4 Å². The molecule has 0 saturated carbocycles. The monoisotopic (exact) mass is 993 g/mol. The number of hydrogen-bond donors (Lipinski definition) is 3. The molecule has 1 saturated heterocycles. The predicted octanol–water partition coefficient (Wildman–Crippen LogP) is 8.00. The molecule has 2 atom stereocenters. The number of thioether (sulfide) groups is 2. The molecular weight excluding hydrogens is 947 g/mol. The van der Waals surface area contributed by atoms with Gasteiger partial charge in [0.15, 0.2) is 16.2 Å². The van der Waals surface area contributed by atoms with Gasteiger partial charge in [-0.2, -0.15) is 0 Å². The maximum atomic E-state index is 14.6. The normalized spacial score (nSPS) is 17.4. The van der Waals surface area contributed by atoms with Gasteiger partial charge in [0.2, 0.25) is 0 Å². The Labute approximate surface area is 417 Å². The van der Waals surface area contributed by atoms with Gasteiger partial charge in [-0.25, -0.2) is 10.2 Å². The first-order valence-electron chi connectivity index (χ1n) is 21.8. The molecule has 0 bridgehead atoms. The van der Waals surface area contributed by atoms with E-state index in [-0.39, 0.29) is 11.4 Å². The first-order chi connectivity index (χ1) is 33.7. The zero-order chi connectivity index (χ0) is 47.7. The highest BCUT2D eigenvalue weighted by Crippen LogP contribution is 2.43. The van der Waals surface area contributed by atoms with E-state index in [4.69, 9.17) is 9.57 Å². The molecule has 1 aromatic heterocycles. The van der Waals surface area contributed by atoms with Crippen molar-refractivity contribution in [1.29, 1.82) is 0 Å². The number of amides is 2. The number of hydrogen-bond acceptors (Lipinski definition) is 16. The SMILES string of the molecule is CON=C(C(=O)NC1C(=O)N2C(C(=O)OC(c3ccccc3)c3ccccc3)=C(C=CSc3nnc(CN(C)C)s3)CSC12)C1=CSN(NC(c2ccccc2)(c2ccccc2)c2ccccc2)N1. The van der Waals surface area contributed by atoms with Crippen LogP contribution in [0.2, 0.25) is 0 Å². The van der Waals surface area contributed by atoms with Crippen molar-refractivity contribution in [2.24, 2.45) is 5.16 Å². The first-order valence-corrected chi connectivity index (χ1v) is 25.4. The minimum absolute atomic E-state index is 0.0825. The van der Waals surface area contributed by atoms with E-state index in [2.05, 4.69) is 67.9 Å². The number of hydrazine groups is 2. The van der Waals surface area contributed by atoms with Crippen LogP contribution in [0.5, 0.6) is 0 Å². The van der Waals surface area contributed by atoms with E-state index in [1.807, 2.05) is 146 Å². The molecule has 2 unspecified atom stereocenters. The molecule has 18 heteroatoms. The molecule has 9 rings (SSSR count). The van der Waals surface area contributed by atoms with Crippen LogP contribution in [0.1, 0.15) is 38.9 Å². The van der Waals surface area contributed by atoms with Gasteiger partial charge < -0.3 is 19.8 Å². The standard InChI is InChI=1S/C51H47N9O5S4/c1-58(2)31-41-53-54-50(69-41)66-30-29-36-32-67-48-43(47(62)59(48)44(36)49(63)65-45(34-19-9-4-10-20-34)35-21-11-5-12-22-35)52-46(61)42(56-64-3)40-33-68-60(55-40)57-51(37-23-13-6-14-24-37,38-25-15-7-16-26-38)39-27-17-8-18-28-39/h4-30,33,43,45,48,55,57H,31-32H2,1-3H3,(H,52,61). The smallest absolute Gasteiger partial charge is 0.356 e. The van der Waals surface area contributed by atoms with Crippen LogP contribution in [0.3, 0.4) is 0 Å². The fourth-order valence-corrected chi connectivity index (χ4v) is 12.0. The highest BCUT2D eigenvalue weighted by Gasteiger charge is 2.55. The summed E-state index contributed by atoms with van der Waals surface area (Å²) in [6.07, 6.45) is 1.06. The number of esters is 1. The number of nitrogens with one attached hydrogen (secondary N) is 3. The summed E-state index contributed by atoms with van der Waals surface area (Å²) < 4.78 is 8.82. The van der Waals surface area contributed by atoms with Crippen molar-refractivity contribution in [3.63, 3.8) is 0 Å². The number of rotatable bonds is 18.